The molecule has 0 fully saturated rings. The molecule has 26 heavy (non-hydrogen) atoms. The van der Waals surface area contributed by atoms with Crippen LogP contribution in [0.4, 0.5) is 11.6 Å². The number of fused-ring (bicyclic) bond motifs is 1. The molecule has 0 radical (unpaired) electrons. The Morgan fingerprint density at radius 2 is 1.85 bits per heavy atom. The third-order valence-electron chi connectivity index (χ3n) is 4.24. The third-order valence-corrected chi connectivity index (χ3v) is 4.24. The lowest BCUT2D eigenvalue weighted by atomic mass is 10.0. The summed E-state index contributed by atoms with van der Waals surface area (Å²) in [7, 11) is 0. The van der Waals surface area contributed by atoms with E-state index in [0.717, 1.165) is 33.4 Å². The van der Waals surface area contributed by atoms with Gasteiger partial charge in [0, 0.05) is 18.1 Å². The van der Waals surface area contributed by atoms with Crippen LogP contribution in [0.1, 0.15) is 11.1 Å². The lowest BCUT2D eigenvalue weighted by Crippen LogP contribution is -2.01. The quantitative estimate of drug-likeness (QED) is 0.525. The van der Waals surface area contributed by atoms with Crippen LogP contribution in [0, 0.1) is 11.3 Å². The maximum absolute atomic E-state index is 8.86. The van der Waals surface area contributed by atoms with E-state index >= 15 is 0 Å². The van der Waals surface area contributed by atoms with Crippen LogP contribution in [0.5, 0.6) is 0 Å². The summed E-state index contributed by atoms with van der Waals surface area (Å²) in [6.45, 7) is 0.635. The lowest BCUT2D eigenvalue weighted by molar-refractivity contribution is 1.11. The van der Waals surface area contributed by atoms with E-state index in [-0.39, 0.29) is 0 Å². The molecule has 4 N–H and O–H groups in total. The number of nitriles is 1. The highest BCUT2D eigenvalue weighted by molar-refractivity contribution is 5.92. The zero-order valence-corrected chi connectivity index (χ0v) is 13.9. The minimum atomic E-state index is 0.495. The van der Waals surface area contributed by atoms with E-state index in [0.29, 0.717) is 17.9 Å². The fourth-order valence-corrected chi connectivity index (χ4v) is 2.81. The van der Waals surface area contributed by atoms with Crippen molar-refractivity contribution in [2.75, 3.05) is 11.1 Å². The first-order chi connectivity index (χ1) is 12.7. The van der Waals surface area contributed by atoms with E-state index in [2.05, 4.69) is 26.6 Å². The van der Waals surface area contributed by atoms with Crippen LogP contribution < -0.4 is 11.1 Å². The van der Waals surface area contributed by atoms with E-state index in [1.54, 1.807) is 6.20 Å². The minimum Gasteiger partial charge on any atom is -0.382 e. The Kier molecular flexibility index (Phi) is 3.96. The van der Waals surface area contributed by atoms with Crippen molar-refractivity contribution in [1.82, 2.24) is 15.2 Å². The SMILES string of the molecule is N#Cc1ccc(CNc2cc(-c3ccc4[nH]nc(N)c4c3)ccn2)cc1. The van der Waals surface area contributed by atoms with Crippen LogP contribution in [0.25, 0.3) is 22.0 Å². The van der Waals surface area contributed by atoms with Crippen LogP contribution in [-0.4, -0.2) is 15.2 Å². The Hall–Kier alpha value is -3.85. The van der Waals surface area contributed by atoms with Gasteiger partial charge in [0.15, 0.2) is 5.82 Å². The fraction of sp³-hybridized carbons (Fsp3) is 0.0500. The average molecular weight is 340 g/mol. The van der Waals surface area contributed by atoms with Gasteiger partial charge >= 0.3 is 0 Å². The molecule has 0 amide bonds. The number of nitrogen functional groups attached to an aromatic ring is 1. The van der Waals surface area contributed by atoms with Gasteiger partial charge in [-0.15, -0.1) is 0 Å². The van der Waals surface area contributed by atoms with E-state index in [9.17, 15) is 0 Å². The van der Waals surface area contributed by atoms with Crippen molar-refractivity contribution in [3.8, 4) is 17.2 Å². The van der Waals surface area contributed by atoms with E-state index < -0.39 is 0 Å². The Bertz CT molecular complexity index is 1110. The van der Waals surface area contributed by atoms with Gasteiger partial charge in [-0.3, -0.25) is 5.10 Å². The molecule has 0 aliphatic heterocycles. The zero-order valence-electron chi connectivity index (χ0n) is 13.9. The number of H-pyrrole nitrogens is 1. The van der Waals surface area contributed by atoms with Gasteiger partial charge in [0.05, 0.1) is 17.1 Å². The second kappa shape index (κ2) is 6.57. The normalized spacial score (nSPS) is 10.6. The van der Waals surface area contributed by atoms with Crippen molar-refractivity contribution in [2.24, 2.45) is 0 Å². The van der Waals surface area contributed by atoms with Crippen LogP contribution in [0.3, 0.4) is 0 Å². The molecular weight excluding hydrogens is 324 g/mol. The molecule has 0 aliphatic rings. The van der Waals surface area contributed by atoms with Gasteiger partial charge in [-0.2, -0.15) is 10.4 Å². The van der Waals surface area contributed by atoms with E-state index in [1.165, 1.54) is 0 Å². The minimum absolute atomic E-state index is 0.495. The maximum Gasteiger partial charge on any atom is 0.153 e. The Morgan fingerprint density at radius 3 is 2.65 bits per heavy atom. The molecular formula is C20H16N6. The third kappa shape index (κ3) is 3.06. The first-order valence-electron chi connectivity index (χ1n) is 8.16. The molecule has 126 valence electrons. The zero-order chi connectivity index (χ0) is 17.9. The van der Waals surface area contributed by atoms with Crippen LogP contribution in [0.15, 0.2) is 60.8 Å². The summed E-state index contributed by atoms with van der Waals surface area (Å²) >= 11 is 0. The molecule has 0 unspecified atom stereocenters. The lowest BCUT2D eigenvalue weighted by Gasteiger charge is -2.08. The van der Waals surface area contributed by atoms with Crippen molar-refractivity contribution in [3.63, 3.8) is 0 Å². The Balaban J connectivity index is 1.55. The summed E-state index contributed by atoms with van der Waals surface area (Å²) in [5.41, 5.74) is 10.7. The van der Waals surface area contributed by atoms with Gasteiger partial charge in [-0.25, -0.2) is 4.98 Å². The number of aromatic amines is 1. The van der Waals surface area contributed by atoms with E-state index in [4.69, 9.17) is 11.0 Å². The summed E-state index contributed by atoms with van der Waals surface area (Å²) in [5.74, 6) is 1.28. The maximum atomic E-state index is 8.86. The number of pyridine rings is 1. The molecule has 0 saturated carbocycles. The standard InChI is InChI=1S/C20H16N6/c21-11-13-1-3-14(4-2-13)12-24-19-10-16(7-8-23-19)15-5-6-18-17(9-15)20(22)26-25-18/h1-10H,12H2,(H,23,24)(H3,22,25,26). The smallest absolute Gasteiger partial charge is 0.153 e. The molecule has 0 bridgehead atoms. The number of hydrogen-bond acceptors (Lipinski definition) is 5. The molecule has 2 heterocycles. The van der Waals surface area contributed by atoms with Crippen LogP contribution >= 0.6 is 0 Å². The van der Waals surface area contributed by atoms with Crippen molar-refractivity contribution < 1.29 is 0 Å². The highest BCUT2D eigenvalue weighted by atomic mass is 15.1. The first-order valence-corrected chi connectivity index (χ1v) is 8.16. The topological polar surface area (TPSA) is 103 Å². The number of hydrogen-bond donors (Lipinski definition) is 3. The number of anilines is 2. The molecule has 0 saturated heterocycles. The fourth-order valence-electron chi connectivity index (χ4n) is 2.81. The average Bonchev–Trinajstić information content (AvgIpc) is 3.07. The molecule has 2 aromatic carbocycles. The molecule has 4 rings (SSSR count). The summed E-state index contributed by atoms with van der Waals surface area (Å²) in [6, 6.07) is 19.6. The summed E-state index contributed by atoms with van der Waals surface area (Å²) in [5, 5.41) is 20.0. The van der Waals surface area contributed by atoms with Crippen molar-refractivity contribution >= 4 is 22.5 Å². The molecule has 4 aromatic rings. The monoisotopic (exact) mass is 340 g/mol. The summed E-state index contributed by atoms with van der Waals surface area (Å²) in [6.07, 6.45) is 1.78. The van der Waals surface area contributed by atoms with Crippen LogP contribution in [0.2, 0.25) is 0 Å². The van der Waals surface area contributed by atoms with Crippen molar-refractivity contribution in [2.45, 2.75) is 6.54 Å². The number of nitrogens with one attached hydrogen (secondary N) is 2. The molecule has 0 aliphatic carbocycles. The number of benzene rings is 2. The molecule has 0 atom stereocenters. The predicted octanol–water partition coefficient (Wildman–Crippen LogP) is 3.69. The largest absolute Gasteiger partial charge is 0.382 e. The molecule has 0 spiro atoms. The van der Waals surface area contributed by atoms with Gasteiger partial charge in [-0.1, -0.05) is 18.2 Å². The van der Waals surface area contributed by atoms with E-state index in [1.807, 2.05) is 54.6 Å². The Labute approximate surface area is 150 Å². The second-order valence-corrected chi connectivity index (χ2v) is 5.96. The number of nitrogens with two attached hydrogens (primary N) is 1. The van der Waals surface area contributed by atoms with Gasteiger partial charge in [-0.05, 0) is 53.1 Å². The van der Waals surface area contributed by atoms with Crippen LogP contribution in [-0.2, 0) is 6.54 Å². The summed E-state index contributed by atoms with van der Waals surface area (Å²) in [4.78, 5) is 4.38. The summed E-state index contributed by atoms with van der Waals surface area (Å²) < 4.78 is 0. The highest BCUT2D eigenvalue weighted by Gasteiger charge is 2.06. The van der Waals surface area contributed by atoms with Crippen molar-refractivity contribution in [3.05, 3.63) is 71.9 Å². The highest BCUT2D eigenvalue weighted by Crippen LogP contribution is 2.27. The first kappa shape index (κ1) is 15.7. The molecule has 2 aromatic heterocycles. The van der Waals surface area contributed by atoms with Gasteiger partial charge < -0.3 is 11.1 Å². The number of rotatable bonds is 4. The molecule has 6 heteroatoms. The van der Waals surface area contributed by atoms with Crippen molar-refractivity contribution in [1.29, 1.82) is 5.26 Å². The number of nitrogens with zero attached hydrogens (tertiary/aromatic N) is 3. The van der Waals surface area contributed by atoms with Gasteiger partial charge in [0.2, 0.25) is 0 Å². The molecule has 6 nitrogen and oxygen atoms in total. The Morgan fingerprint density at radius 1 is 1.04 bits per heavy atom. The predicted molar refractivity (Wildman–Crippen MR) is 102 cm³/mol. The van der Waals surface area contributed by atoms with Gasteiger partial charge in [0.25, 0.3) is 0 Å². The van der Waals surface area contributed by atoms with Gasteiger partial charge in [0.1, 0.15) is 5.82 Å². The number of aromatic nitrogens is 3. The second-order valence-electron chi connectivity index (χ2n) is 5.96.